The summed E-state index contributed by atoms with van der Waals surface area (Å²) in [6, 6.07) is 4.98. The zero-order valence-electron chi connectivity index (χ0n) is 14.8. The van der Waals surface area contributed by atoms with Crippen molar-refractivity contribution in [2.75, 3.05) is 13.2 Å². The number of ether oxygens (including phenoxy) is 2. The van der Waals surface area contributed by atoms with Gasteiger partial charge in [0.25, 0.3) is 0 Å². The molecule has 0 saturated carbocycles. The predicted molar refractivity (Wildman–Crippen MR) is 99.3 cm³/mol. The van der Waals surface area contributed by atoms with Crippen LogP contribution in [0, 0.1) is 5.41 Å². The Bertz CT molecular complexity index is 718. The van der Waals surface area contributed by atoms with Crippen LogP contribution in [0.15, 0.2) is 30.9 Å². The molecule has 1 fully saturated rings. The van der Waals surface area contributed by atoms with Gasteiger partial charge in [0.2, 0.25) is 0 Å². The number of hydrogen-bond acceptors (Lipinski definition) is 5. The van der Waals surface area contributed by atoms with Crippen LogP contribution in [0.5, 0.6) is 0 Å². The van der Waals surface area contributed by atoms with E-state index in [2.05, 4.69) is 10.1 Å². The van der Waals surface area contributed by atoms with Crippen LogP contribution in [0.2, 0.25) is 10.0 Å². The van der Waals surface area contributed by atoms with Crippen LogP contribution < -0.4 is 0 Å². The molecule has 2 unspecified atom stereocenters. The van der Waals surface area contributed by atoms with Crippen molar-refractivity contribution in [2.45, 2.75) is 45.1 Å². The second-order valence-corrected chi connectivity index (χ2v) is 7.79. The van der Waals surface area contributed by atoms with Crippen LogP contribution in [0.1, 0.15) is 31.9 Å². The van der Waals surface area contributed by atoms with E-state index in [1.165, 1.54) is 6.33 Å². The van der Waals surface area contributed by atoms with E-state index in [9.17, 15) is 5.11 Å². The second-order valence-electron chi connectivity index (χ2n) is 6.94. The number of aliphatic hydroxyl groups excluding tert-OH is 1. The number of halogens is 2. The molecule has 8 heteroatoms. The Balaban J connectivity index is 1.84. The summed E-state index contributed by atoms with van der Waals surface area (Å²) in [6.07, 6.45) is 3.32. The molecule has 1 aromatic heterocycles. The minimum Gasteiger partial charge on any atom is -0.390 e. The number of nitrogens with zero attached hydrogens (tertiary/aromatic N) is 3. The van der Waals surface area contributed by atoms with Gasteiger partial charge < -0.3 is 14.6 Å². The Hall–Kier alpha value is -1.18. The molecule has 1 aromatic carbocycles. The highest BCUT2D eigenvalue weighted by Crippen LogP contribution is 2.36. The van der Waals surface area contributed by atoms with Crippen molar-refractivity contribution < 1.29 is 14.6 Å². The third kappa shape index (κ3) is 4.21. The van der Waals surface area contributed by atoms with Gasteiger partial charge in [-0.05, 0) is 30.5 Å². The van der Waals surface area contributed by atoms with Crippen molar-refractivity contribution in [3.05, 3.63) is 46.5 Å². The van der Waals surface area contributed by atoms with Crippen molar-refractivity contribution in [1.82, 2.24) is 14.8 Å². The molecule has 0 spiro atoms. The van der Waals surface area contributed by atoms with Crippen LogP contribution in [-0.2, 0) is 15.9 Å². The van der Waals surface area contributed by atoms with Crippen molar-refractivity contribution >= 4 is 23.2 Å². The smallest absolute Gasteiger partial charge is 0.157 e. The first kappa shape index (κ1) is 19.6. The summed E-state index contributed by atoms with van der Waals surface area (Å²) >= 11 is 12.3. The van der Waals surface area contributed by atoms with Crippen LogP contribution in [-0.4, -0.2) is 45.5 Å². The minimum atomic E-state index is -0.770. The van der Waals surface area contributed by atoms with Gasteiger partial charge in [-0.25, -0.2) is 9.67 Å². The molecule has 2 atom stereocenters. The Morgan fingerprint density at radius 2 is 2.08 bits per heavy atom. The SMILES string of the molecule is CCC1OCC(C)(C(O)C(Cc2ccc(Cl)cc2Cl)n2cncn2)CO1. The maximum atomic E-state index is 11.2. The molecule has 1 saturated heterocycles. The van der Waals surface area contributed by atoms with Gasteiger partial charge in [-0.1, -0.05) is 43.1 Å². The maximum Gasteiger partial charge on any atom is 0.157 e. The van der Waals surface area contributed by atoms with Gasteiger partial charge in [0, 0.05) is 15.5 Å². The summed E-state index contributed by atoms with van der Waals surface area (Å²) in [4.78, 5) is 4.02. The Labute approximate surface area is 163 Å². The molecule has 6 nitrogen and oxygen atoms in total. The van der Waals surface area contributed by atoms with Crippen LogP contribution in [0.4, 0.5) is 0 Å². The minimum absolute atomic E-state index is 0.217. The number of rotatable bonds is 6. The molecule has 1 aliphatic rings. The topological polar surface area (TPSA) is 69.4 Å². The third-order valence-electron chi connectivity index (χ3n) is 4.83. The van der Waals surface area contributed by atoms with E-state index >= 15 is 0 Å². The normalized spacial score (nSPS) is 25.8. The molecule has 0 amide bonds. The van der Waals surface area contributed by atoms with E-state index in [0.717, 1.165) is 12.0 Å². The average Bonchev–Trinajstić information content (AvgIpc) is 3.15. The van der Waals surface area contributed by atoms with E-state index in [1.54, 1.807) is 23.1 Å². The van der Waals surface area contributed by atoms with Gasteiger partial charge in [-0.2, -0.15) is 5.10 Å². The van der Waals surface area contributed by atoms with Crippen molar-refractivity contribution in [3.63, 3.8) is 0 Å². The Morgan fingerprint density at radius 3 is 2.65 bits per heavy atom. The Morgan fingerprint density at radius 1 is 1.35 bits per heavy atom. The van der Waals surface area contributed by atoms with Gasteiger partial charge in [-0.3, -0.25) is 0 Å². The summed E-state index contributed by atoms with van der Waals surface area (Å²) in [7, 11) is 0. The molecule has 0 radical (unpaired) electrons. The highest BCUT2D eigenvalue weighted by atomic mass is 35.5. The lowest BCUT2D eigenvalue weighted by atomic mass is 9.79. The lowest BCUT2D eigenvalue weighted by Crippen LogP contribution is -2.50. The predicted octanol–water partition coefficient (Wildman–Crippen LogP) is 3.52. The van der Waals surface area contributed by atoms with Crippen molar-refractivity contribution in [2.24, 2.45) is 5.41 Å². The first-order valence-corrected chi connectivity index (χ1v) is 9.38. The summed E-state index contributed by atoms with van der Waals surface area (Å²) in [6.45, 7) is 4.78. The second kappa shape index (κ2) is 8.23. The molecular formula is C18H23Cl2N3O3. The molecule has 0 bridgehead atoms. The standard InChI is InChI=1S/C18H23Cl2N3O3/c1-3-16-25-8-18(2,9-26-16)17(24)15(23-11-21-10-22-23)6-12-4-5-13(19)7-14(12)20/h4-5,7,10-11,15-17,24H,3,6,8-9H2,1-2H3. The molecule has 3 rings (SSSR count). The lowest BCUT2D eigenvalue weighted by Gasteiger charge is -2.42. The van der Waals surface area contributed by atoms with Gasteiger partial charge in [0.05, 0.1) is 25.4 Å². The largest absolute Gasteiger partial charge is 0.390 e. The van der Waals surface area contributed by atoms with E-state index < -0.39 is 11.5 Å². The molecule has 0 aliphatic carbocycles. The van der Waals surface area contributed by atoms with Gasteiger partial charge in [0.1, 0.15) is 12.7 Å². The molecule has 1 aliphatic heterocycles. The lowest BCUT2D eigenvalue weighted by molar-refractivity contribution is -0.249. The fourth-order valence-corrected chi connectivity index (χ4v) is 3.66. The molecule has 142 valence electrons. The van der Waals surface area contributed by atoms with Crippen LogP contribution >= 0.6 is 23.2 Å². The summed E-state index contributed by atoms with van der Waals surface area (Å²) in [5.41, 5.74) is 0.310. The fourth-order valence-electron chi connectivity index (χ4n) is 3.18. The summed E-state index contributed by atoms with van der Waals surface area (Å²) in [5.74, 6) is 0. The van der Waals surface area contributed by atoms with E-state index in [0.29, 0.717) is 29.7 Å². The first-order valence-electron chi connectivity index (χ1n) is 8.62. The number of benzene rings is 1. The highest BCUT2D eigenvalue weighted by molar-refractivity contribution is 6.35. The van der Waals surface area contributed by atoms with Crippen molar-refractivity contribution in [1.29, 1.82) is 0 Å². The molecular weight excluding hydrogens is 377 g/mol. The first-order chi connectivity index (χ1) is 12.4. The summed E-state index contributed by atoms with van der Waals surface area (Å²) < 4.78 is 13.2. The zero-order valence-corrected chi connectivity index (χ0v) is 16.3. The zero-order chi connectivity index (χ0) is 18.7. The monoisotopic (exact) mass is 399 g/mol. The fraction of sp³-hybridized carbons (Fsp3) is 0.556. The number of hydrogen-bond donors (Lipinski definition) is 1. The van der Waals surface area contributed by atoms with Gasteiger partial charge in [0.15, 0.2) is 6.29 Å². The number of aliphatic hydroxyl groups is 1. The quantitative estimate of drug-likeness (QED) is 0.804. The molecule has 2 aromatic rings. The average molecular weight is 400 g/mol. The van der Waals surface area contributed by atoms with Crippen LogP contribution in [0.3, 0.4) is 0 Å². The molecule has 1 N–H and O–H groups in total. The van der Waals surface area contributed by atoms with Gasteiger partial charge >= 0.3 is 0 Å². The van der Waals surface area contributed by atoms with Crippen LogP contribution in [0.25, 0.3) is 0 Å². The molecule has 26 heavy (non-hydrogen) atoms. The van der Waals surface area contributed by atoms with E-state index in [1.807, 2.05) is 19.9 Å². The number of aromatic nitrogens is 3. The van der Waals surface area contributed by atoms with E-state index in [-0.39, 0.29) is 12.3 Å². The van der Waals surface area contributed by atoms with E-state index in [4.69, 9.17) is 32.7 Å². The highest BCUT2D eigenvalue weighted by Gasteiger charge is 2.43. The third-order valence-corrected chi connectivity index (χ3v) is 5.42. The summed E-state index contributed by atoms with van der Waals surface area (Å²) in [5, 5.41) is 16.6. The Kier molecular flexibility index (Phi) is 6.20. The van der Waals surface area contributed by atoms with Gasteiger partial charge in [-0.15, -0.1) is 0 Å². The van der Waals surface area contributed by atoms with Crippen molar-refractivity contribution in [3.8, 4) is 0 Å². The molecule has 2 heterocycles. The maximum absolute atomic E-state index is 11.2.